The Labute approximate surface area is 129 Å². The predicted octanol–water partition coefficient (Wildman–Crippen LogP) is 2.95. The number of anilines is 2. The second-order valence-electron chi connectivity index (χ2n) is 4.77. The van der Waals surface area contributed by atoms with Crippen molar-refractivity contribution in [2.24, 2.45) is 0 Å². The van der Waals surface area contributed by atoms with Gasteiger partial charge in [0.15, 0.2) is 5.78 Å². The number of carbonyl (C=O) groups excluding carboxylic acids is 2. The minimum absolute atomic E-state index is 0.00225. The van der Waals surface area contributed by atoms with Crippen LogP contribution in [0, 0.1) is 0 Å². The zero-order chi connectivity index (χ0) is 15.9. The largest absolute Gasteiger partial charge is 0.497 e. The minimum Gasteiger partial charge on any atom is -0.497 e. The predicted molar refractivity (Wildman–Crippen MR) is 86.6 cm³/mol. The lowest BCUT2D eigenvalue weighted by molar-refractivity contribution is -0.114. The third kappa shape index (κ3) is 4.34. The molecule has 0 unspecified atom stereocenters. The highest BCUT2D eigenvalue weighted by atomic mass is 16.5. The van der Waals surface area contributed by atoms with Gasteiger partial charge >= 0.3 is 0 Å². The third-order valence-electron chi connectivity index (χ3n) is 3.10. The number of amides is 1. The standard InChI is InChI=1S/C17H18N2O3/c1-12(20)13-6-8-14(9-7-13)19-17(21)11-18-15-4-3-5-16(10-15)22-2/h3-10,18H,11H2,1-2H3,(H,19,21). The molecule has 1 amide bonds. The van der Waals surface area contributed by atoms with Crippen LogP contribution in [0.1, 0.15) is 17.3 Å². The fourth-order valence-corrected chi connectivity index (χ4v) is 1.91. The normalized spacial score (nSPS) is 9.91. The number of nitrogens with one attached hydrogen (secondary N) is 2. The van der Waals surface area contributed by atoms with E-state index < -0.39 is 0 Å². The van der Waals surface area contributed by atoms with Gasteiger partial charge in [-0.2, -0.15) is 0 Å². The van der Waals surface area contributed by atoms with Crippen LogP contribution in [0.4, 0.5) is 11.4 Å². The molecule has 0 bridgehead atoms. The molecule has 2 N–H and O–H groups in total. The van der Waals surface area contributed by atoms with Gasteiger partial charge in [0.2, 0.25) is 5.91 Å². The van der Waals surface area contributed by atoms with E-state index in [2.05, 4.69) is 10.6 Å². The molecular formula is C17H18N2O3. The van der Waals surface area contributed by atoms with Crippen LogP contribution in [0.3, 0.4) is 0 Å². The fourth-order valence-electron chi connectivity index (χ4n) is 1.91. The average molecular weight is 298 g/mol. The zero-order valence-corrected chi connectivity index (χ0v) is 12.6. The number of benzene rings is 2. The first-order valence-electron chi connectivity index (χ1n) is 6.87. The molecule has 0 saturated carbocycles. The molecule has 0 aliphatic carbocycles. The van der Waals surface area contributed by atoms with Crippen molar-refractivity contribution >= 4 is 23.1 Å². The summed E-state index contributed by atoms with van der Waals surface area (Å²) in [7, 11) is 1.59. The molecule has 22 heavy (non-hydrogen) atoms. The Balaban J connectivity index is 1.88. The Hall–Kier alpha value is -2.82. The molecule has 0 fully saturated rings. The van der Waals surface area contributed by atoms with Crippen molar-refractivity contribution in [3.63, 3.8) is 0 Å². The molecule has 2 aromatic carbocycles. The molecule has 0 saturated heterocycles. The molecule has 0 atom stereocenters. The van der Waals surface area contributed by atoms with Crippen molar-refractivity contribution in [1.82, 2.24) is 0 Å². The highest BCUT2D eigenvalue weighted by Crippen LogP contribution is 2.16. The highest BCUT2D eigenvalue weighted by molar-refractivity contribution is 5.96. The molecule has 0 aliphatic rings. The van der Waals surface area contributed by atoms with Crippen molar-refractivity contribution in [2.75, 3.05) is 24.3 Å². The van der Waals surface area contributed by atoms with Crippen molar-refractivity contribution in [3.8, 4) is 5.75 Å². The minimum atomic E-state index is -0.168. The van der Waals surface area contributed by atoms with E-state index in [4.69, 9.17) is 4.74 Å². The van der Waals surface area contributed by atoms with E-state index in [0.29, 0.717) is 11.3 Å². The van der Waals surface area contributed by atoms with E-state index in [9.17, 15) is 9.59 Å². The lowest BCUT2D eigenvalue weighted by Gasteiger charge is -2.09. The summed E-state index contributed by atoms with van der Waals surface area (Å²) < 4.78 is 5.12. The Bertz CT molecular complexity index is 666. The fraction of sp³-hybridized carbons (Fsp3) is 0.176. The Morgan fingerprint density at radius 1 is 1.05 bits per heavy atom. The number of carbonyl (C=O) groups is 2. The Morgan fingerprint density at radius 2 is 1.77 bits per heavy atom. The maximum atomic E-state index is 11.9. The number of rotatable bonds is 6. The monoisotopic (exact) mass is 298 g/mol. The lowest BCUT2D eigenvalue weighted by atomic mass is 10.1. The van der Waals surface area contributed by atoms with E-state index in [1.807, 2.05) is 24.3 Å². The van der Waals surface area contributed by atoms with Gasteiger partial charge in [-0.3, -0.25) is 9.59 Å². The first-order valence-corrected chi connectivity index (χ1v) is 6.87. The maximum Gasteiger partial charge on any atom is 0.243 e. The smallest absolute Gasteiger partial charge is 0.243 e. The van der Waals surface area contributed by atoms with Crippen molar-refractivity contribution in [2.45, 2.75) is 6.92 Å². The number of ketones is 1. The first-order chi connectivity index (χ1) is 10.6. The Morgan fingerprint density at radius 3 is 2.41 bits per heavy atom. The molecule has 0 aromatic heterocycles. The van der Waals surface area contributed by atoms with Gasteiger partial charge in [-0.1, -0.05) is 6.07 Å². The highest BCUT2D eigenvalue weighted by Gasteiger charge is 2.04. The van der Waals surface area contributed by atoms with Crippen LogP contribution in [-0.4, -0.2) is 25.3 Å². The molecular weight excluding hydrogens is 280 g/mol. The quantitative estimate of drug-likeness (QED) is 0.805. The van der Waals surface area contributed by atoms with E-state index >= 15 is 0 Å². The zero-order valence-electron chi connectivity index (χ0n) is 12.6. The van der Waals surface area contributed by atoms with Crippen molar-refractivity contribution in [3.05, 3.63) is 54.1 Å². The number of hydrogen-bond donors (Lipinski definition) is 2. The molecule has 0 aliphatic heterocycles. The molecule has 5 nitrogen and oxygen atoms in total. The summed E-state index contributed by atoms with van der Waals surface area (Å²) in [4.78, 5) is 23.1. The van der Waals surface area contributed by atoms with Crippen LogP contribution in [0.2, 0.25) is 0 Å². The SMILES string of the molecule is COc1cccc(NCC(=O)Nc2ccc(C(C)=O)cc2)c1. The van der Waals surface area contributed by atoms with E-state index in [1.54, 1.807) is 31.4 Å². The van der Waals surface area contributed by atoms with Gasteiger partial charge in [-0.15, -0.1) is 0 Å². The van der Waals surface area contributed by atoms with E-state index in [1.165, 1.54) is 6.92 Å². The first kappa shape index (κ1) is 15.6. The van der Waals surface area contributed by atoms with Gasteiger partial charge in [0.05, 0.1) is 13.7 Å². The van der Waals surface area contributed by atoms with Gasteiger partial charge in [-0.25, -0.2) is 0 Å². The summed E-state index contributed by atoms with van der Waals surface area (Å²) in [6.07, 6.45) is 0. The van der Waals surface area contributed by atoms with Gasteiger partial charge in [0.1, 0.15) is 5.75 Å². The summed E-state index contributed by atoms with van der Waals surface area (Å²) in [6, 6.07) is 14.1. The number of methoxy groups -OCH3 is 1. The molecule has 0 radical (unpaired) electrons. The molecule has 2 aromatic rings. The van der Waals surface area contributed by atoms with Gasteiger partial charge in [0.25, 0.3) is 0 Å². The van der Waals surface area contributed by atoms with Crippen LogP contribution in [0.5, 0.6) is 5.75 Å². The summed E-state index contributed by atoms with van der Waals surface area (Å²) in [6.45, 7) is 1.65. The summed E-state index contributed by atoms with van der Waals surface area (Å²) in [5.74, 6) is 0.557. The summed E-state index contributed by atoms with van der Waals surface area (Å²) in [5.41, 5.74) is 2.08. The number of hydrogen-bond acceptors (Lipinski definition) is 4. The summed E-state index contributed by atoms with van der Waals surface area (Å²) in [5, 5.41) is 5.79. The summed E-state index contributed by atoms with van der Waals surface area (Å²) >= 11 is 0. The van der Waals surface area contributed by atoms with Crippen molar-refractivity contribution in [1.29, 1.82) is 0 Å². The van der Waals surface area contributed by atoms with Gasteiger partial charge in [-0.05, 0) is 43.3 Å². The molecule has 2 rings (SSSR count). The van der Waals surface area contributed by atoms with E-state index in [-0.39, 0.29) is 18.2 Å². The van der Waals surface area contributed by atoms with Gasteiger partial charge in [0, 0.05) is 23.0 Å². The molecule has 0 heterocycles. The van der Waals surface area contributed by atoms with Crippen LogP contribution in [0.25, 0.3) is 0 Å². The second kappa shape index (κ2) is 7.26. The van der Waals surface area contributed by atoms with Crippen LogP contribution < -0.4 is 15.4 Å². The molecule has 0 spiro atoms. The molecule has 5 heteroatoms. The van der Waals surface area contributed by atoms with Crippen molar-refractivity contribution < 1.29 is 14.3 Å². The maximum absolute atomic E-state index is 11.9. The van der Waals surface area contributed by atoms with Crippen LogP contribution >= 0.6 is 0 Å². The van der Waals surface area contributed by atoms with Crippen LogP contribution in [-0.2, 0) is 4.79 Å². The topological polar surface area (TPSA) is 67.4 Å². The third-order valence-corrected chi connectivity index (χ3v) is 3.10. The molecule has 114 valence electrons. The van der Waals surface area contributed by atoms with E-state index in [0.717, 1.165) is 11.4 Å². The average Bonchev–Trinajstić information content (AvgIpc) is 2.53. The Kier molecular flexibility index (Phi) is 5.14. The van der Waals surface area contributed by atoms with Gasteiger partial charge < -0.3 is 15.4 Å². The lowest BCUT2D eigenvalue weighted by Crippen LogP contribution is -2.21. The van der Waals surface area contributed by atoms with Crippen LogP contribution in [0.15, 0.2) is 48.5 Å². The number of Topliss-reactive ketones (excluding diaryl/α,β-unsaturated/α-hetero) is 1. The number of ether oxygens (including phenoxy) is 1. The second-order valence-corrected chi connectivity index (χ2v) is 4.77.